The van der Waals surface area contributed by atoms with Crippen LogP contribution < -0.4 is 15.8 Å². The molecule has 1 rings (SSSR count). The van der Waals surface area contributed by atoms with E-state index in [2.05, 4.69) is 10.1 Å². The monoisotopic (exact) mass is 276 g/mol. The normalized spacial score (nSPS) is 12.1. The molecule has 0 bridgehead atoms. The number of nitrogens with two attached hydrogens (primary N) is 1. The molecule has 0 radical (unpaired) electrons. The number of para-hydroxylation sites is 1. The number of ether oxygens (including phenoxy) is 1. The first kappa shape index (κ1) is 15.3. The Kier molecular flexibility index (Phi) is 4.41. The van der Waals surface area contributed by atoms with Gasteiger partial charge >= 0.3 is 6.36 Å². The highest BCUT2D eigenvalue weighted by Crippen LogP contribution is 2.26. The van der Waals surface area contributed by atoms with Crippen LogP contribution in [-0.4, -0.2) is 17.8 Å². The average Bonchev–Trinajstić information content (AvgIpc) is 2.24. The topological polar surface area (TPSA) is 64.4 Å². The molecule has 19 heavy (non-hydrogen) atoms. The molecular formula is C12H15F3N2O2. The quantitative estimate of drug-likeness (QED) is 0.883. The number of hydrogen-bond acceptors (Lipinski definition) is 3. The van der Waals surface area contributed by atoms with Crippen molar-refractivity contribution in [3.63, 3.8) is 0 Å². The summed E-state index contributed by atoms with van der Waals surface area (Å²) in [5.41, 5.74) is 4.68. The Balaban J connectivity index is 2.77. The summed E-state index contributed by atoms with van der Waals surface area (Å²) < 4.78 is 40.4. The van der Waals surface area contributed by atoms with E-state index in [1.54, 1.807) is 6.07 Å². The van der Waals surface area contributed by atoms with E-state index in [-0.39, 0.29) is 17.9 Å². The molecule has 0 heterocycles. The van der Waals surface area contributed by atoms with Gasteiger partial charge in [-0.2, -0.15) is 0 Å². The van der Waals surface area contributed by atoms with Gasteiger partial charge in [-0.15, -0.1) is 13.2 Å². The molecule has 0 spiro atoms. The van der Waals surface area contributed by atoms with Gasteiger partial charge in [0.2, 0.25) is 5.91 Å². The number of benzene rings is 1. The van der Waals surface area contributed by atoms with Crippen molar-refractivity contribution < 1.29 is 22.7 Å². The van der Waals surface area contributed by atoms with E-state index in [9.17, 15) is 18.0 Å². The van der Waals surface area contributed by atoms with Crippen molar-refractivity contribution in [3.8, 4) is 5.75 Å². The molecule has 0 aliphatic heterocycles. The summed E-state index contributed by atoms with van der Waals surface area (Å²) in [6, 6.07) is 5.59. The van der Waals surface area contributed by atoms with E-state index in [1.165, 1.54) is 32.0 Å². The van der Waals surface area contributed by atoms with Crippen LogP contribution in [0.2, 0.25) is 0 Å². The molecule has 1 aromatic rings. The summed E-state index contributed by atoms with van der Waals surface area (Å²) in [7, 11) is 0. The van der Waals surface area contributed by atoms with Crippen LogP contribution in [0.15, 0.2) is 24.3 Å². The van der Waals surface area contributed by atoms with Crippen LogP contribution in [0.1, 0.15) is 19.4 Å². The van der Waals surface area contributed by atoms with Crippen LogP contribution in [0.4, 0.5) is 13.2 Å². The smallest absolute Gasteiger partial charge is 0.405 e. The Labute approximate surface area is 108 Å². The summed E-state index contributed by atoms with van der Waals surface area (Å²) in [6.07, 6.45) is -4.77. The third-order valence-electron chi connectivity index (χ3n) is 2.22. The minimum absolute atomic E-state index is 0.0916. The molecule has 3 N–H and O–H groups in total. The van der Waals surface area contributed by atoms with Crippen molar-refractivity contribution in [1.29, 1.82) is 0 Å². The molecular weight excluding hydrogens is 261 g/mol. The fourth-order valence-electron chi connectivity index (χ4n) is 1.28. The Hall–Kier alpha value is -1.76. The number of halogens is 3. The van der Waals surface area contributed by atoms with Crippen LogP contribution in [0.3, 0.4) is 0 Å². The van der Waals surface area contributed by atoms with Crippen molar-refractivity contribution in [1.82, 2.24) is 5.32 Å². The fourth-order valence-corrected chi connectivity index (χ4v) is 1.28. The first-order valence-corrected chi connectivity index (χ1v) is 5.50. The second-order valence-corrected chi connectivity index (χ2v) is 4.56. The number of carbonyl (C=O) groups excluding carboxylic acids is 1. The maximum atomic E-state index is 12.2. The number of nitrogens with one attached hydrogen (secondary N) is 1. The predicted molar refractivity (Wildman–Crippen MR) is 63.2 cm³/mol. The van der Waals surface area contributed by atoms with E-state index >= 15 is 0 Å². The number of amides is 1. The Morgan fingerprint density at radius 3 is 2.42 bits per heavy atom. The molecule has 0 unspecified atom stereocenters. The number of hydrogen-bond donors (Lipinski definition) is 2. The van der Waals surface area contributed by atoms with E-state index in [0.29, 0.717) is 0 Å². The molecule has 0 aliphatic carbocycles. The fraction of sp³-hybridized carbons (Fsp3) is 0.417. The number of rotatable bonds is 4. The maximum absolute atomic E-state index is 12.2. The van der Waals surface area contributed by atoms with E-state index in [4.69, 9.17) is 5.73 Å². The van der Waals surface area contributed by atoms with Gasteiger partial charge in [0.1, 0.15) is 5.75 Å². The van der Waals surface area contributed by atoms with Gasteiger partial charge in [0.25, 0.3) is 0 Å². The molecule has 4 nitrogen and oxygen atoms in total. The van der Waals surface area contributed by atoms with Gasteiger partial charge in [0.05, 0.1) is 5.54 Å². The zero-order valence-corrected chi connectivity index (χ0v) is 10.5. The minimum atomic E-state index is -4.77. The lowest BCUT2D eigenvalue weighted by Crippen LogP contribution is -2.48. The largest absolute Gasteiger partial charge is 0.573 e. The first-order valence-electron chi connectivity index (χ1n) is 5.50. The van der Waals surface area contributed by atoms with Gasteiger partial charge < -0.3 is 15.8 Å². The molecule has 0 saturated heterocycles. The van der Waals surface area contributed by atoms with Crippen LogP contribution in [0, 0.1) is 0 Å². The molecule has 0 aliphatic rings. The number of alkyl halides is 3. The Morgan fingerprint density at radius 2 is 1.89 bits per heavy atom. The second kappa shape index (κ2) is 5.48. The molecule has 106 valence electrons. The van der Waals surface area contributed by atoms with Crippen molar-refractivity contribution in [2.24, 2.45) is 5.73 Å². The van der Waals surface area contributed by atoms with E-state index < -0.39 is 17.8 Å². The maximum Gasteiger partial charge on any atom is 0.573 e. The van der Waals surface area contributed by atoms with Gasteiger partial charge in [-0.3, -0.25) is 4.79 Å². The zero-order valence-electron chi connectivity index (χ0n) is 10.5. The summed E-state index contributed by atoms with van der Waals surface area (Å²) in [6.45, 7) is 2.91. The van der Waals surface area contributed by atoms with Crippen LogP contribution in [0.25, 0.3) is 0 Å². The molecule has 0 atom stereocenters. The van der Waals surface area contributed by atoms with Gasteiger partial charge in [0, 0.05) is 12.1 Å². The molecule has 1 amide bonds. The van der Waals surface area contributed by atoms with Crippen molar-refractivity contribution in [3.05, 3.63) is 29.8 Å². The highest BCUT2D eigenvalue weighted by Gasteiger charge is 2.32. The lowest BCUT2D eigenvalue weighted by atomic mass is 10.1. The lowest BCUT2D eigenvalue weighted by Gasteiger charge is -2.19. The standard InChI is InChI=1S/C12H15F3N2O2/c1-11(2,16)10(18)17-7-8-5-3-4-6-9(8)19-12(13,14)15/h3-6H,7,16H2,1-2H3,(H,17,18). The highest BCUT2D eigenvalue weighted by molar-refractivity contribution is 5.85. The number of carbonyl (C=O) groups is 1. The van der Waals surface area contributed by atoms with Crippen molar-refractivity contribution in [2.45, 2.75) is 32.3 Å². The van der Waals surface area contributed by atoms with Crippen molar-refractivity contribution in [2.75, 3.05) is 0 Å². The lowest BCUT2D eigenvalue weighted by molar-refractivity contribution is -0.274. The molecule has 0 fully saturated rings. The van der Waals surface area contributed by atoms with Crippen LogP contribution >= 0.6 is 0 Å². The first-order chi connectivity index (χ1) is 8.59. The van der Waals surface area contributed by atoms with E-state index in [0.717, 1.165) is 0 Å². The Morgan fingerprint density at radius 1 is 1.32 bits per heavy atom. The SMILES string of the molecule is CC(C)(N)C(=O)NCc1ccccc1OC(F)(F)F. The molecule has 0 aromatic heterocycles. The van der Waals surface area contributed by atoms with Gasteiger partial charge in [-0.25, -0.2) is 0 Å². The van der Waals surface area contributed by atoms with Gasteiger partial charge in [-0.1, -0.05) is 18.2 Å². The molecule has 0 saturated carbocycles. The van der Waals surface area contributed by atoms with E-state index in [1.807, 2.05) is 0 Å². The molecule has 1 aromatic carbocycles. The van der Waals surface area contributed by atoms with Crippen LogP contribution in [0.5, 0.6) is 5.75 Å². The zero-order chi connectivity index (χ0) is 14.7. The average molecular weight is 276 g/mol. The van der Waals surface area contributed by atoms with Gasteiger partial charge in [0.15, 0.2) is 0 Å². The molecule has 7 heteroatoms. The van der Waals surface area contributed by atoms with Gasteiger partial charge in [-0.05, 0) is 19.9 Å². The third-order valence-corrected chi connectivity index (χ3v) is 2.22. The predicted octanol–water partition coefficient (Wildman–Crippen LogP) is 1.94. The minimum Gasteiger partial charge on any atom is -0.405 e. The summed E-state index contributed by atoms with van der Waals surface area (Å²) >= 11 is 0. The summed E-state index contributed by atoms with van der Waals surface area (Å²) in [5, 5.41) is 2.45. The second-order valence-electron chi connectivity index (χ2n) is 4.56. The summed E-state index contributed by atoms with van der Waals surface area (Å²) in [4.78, 5) is 11.5. The summed E-state index contributed by atoms with van der Waals surface area (Å²) in [5.74, 6) is -0.806. The van der Waals surface area contributed by atoms with Crippen LogP contribution in [-0.2, 0) is 11.3 Å². The van der Waals surface area contributed by atoms with Crippen molar-refractivity contribution >= 4 is 5.91 Å². The highest BCUT2D eigenvalue weighted by atomic mass is 19.4. The third kappa shape index (κ3) is 5.17. The Bertz CT molecular complexity index is 453.